The quantitative estimate of drug-likeness (QED) is 0.683. The Morgan fingerprint density at radius 2 is 1.84 bits per heavy atom. The van der Waals surface area contributed by atoms with Crippen molar-refractivity contribution in [2.75, 3.05) is 13.7 Å². The molecule has 0 amide bonds. The maximum atomic E-state index is 12.6. The van der Waals surface area contributed by atoms with Crippen molar-refractivity contribution in [2.24, 2.45) is 0 Å². The van der Waals surface area contributed by atoms with Crippen LogP contribution in [0.2, 0.25) is 0 Å². The predicted molar refractivity (Wildman–Crippen MR) is 91.7 cm³/mol. The maximum absolute atomic E-state index is 12.6. The van der Waals surface area contributed by atoms with Crippen LogP contribution in [0.15, 0.2) is 57.9 Å². The third-order valence-corrected chi connectivity index (χ3v) is 3.45. The minimum atomic E-state index is -0.315. The molecule has 1 aromatic heterocycles. The summed E-state index contributed by atoms with van der Waals surface area (Å²) in [5, 5.41) is 0.350. The van der Waals surface area contributed by atoms with Gasteiger partial charge in [-0.1, -0.05) is 12.1 Å². The van der Waals surface area contributed by atoms with E-state index < -0.39 is 0 Å². The number of para-hydroxylation sites is 2. The first kappa shape index (κ1) is 16.6. The number of benzene rings is 2. The van der Waals surface area contributed by atoms with E-state index in [-0.39, 0.29) is 23.6 Å². The minimum absolute atomic E-state index is 0.0370. The Labute approximate surface area is 143 Å². The average molecular weight is 340 g/mol. The molecule has 0 saturated carbocycles. The minimum Gasteiger partial charge on any atom is -0.493 e. The Hall–Kier alpha value is -3.28. The van der Waals surface area contributed by atoms with Crippen LogP contribution in [-0.2, 0) is 4.79 Å². The van der Waals surface area contributed by atoms with Crippen LogP contribution in [-0.4, -0.2) is 19.5 Å². The molecule has 0 saturated heterocycles. The van der Waals surface area contributed by atoms with E-state index in [2.05, 4.69) is 0 Å². The second kappa shape index (κ2) is 7.09. The summed E-state index contributed by atoms with van der Waals surface area (Å²) in [6.07, 6.45) is 1.24. The highest BCUT2D eigenvalue weighted by Gasteiger charge is 2.12. The van der Waals surface area contributed by atoms with Gasteiger partial charge in [0.15, 0.2) is 17.3 Å². The normalized spacial score (nSPS) is 10.5. The molecule has 25 heavy (non-hydrogen) atoms. The van der Waals surface area contributed by atoms with E-state index in [1.54, 1.807) is 42.5 Å². The number of fused-ring (bicyclic) bond motifs is 1. The molecule has 2 aromatic carbocycles. The maximum Gasteiger partial charge on any atom is 0.235 e. The molecule has 0 aliphatic heterocycles. The number of hydrogen-bond acceptors (Lipinski definition) is 6. The molecular formula is C19H16O6. The zero-order valence-corrected chi connectivity index (χ0v) is 13.8. The molecule has 0 radical (unpaired) electrons. The lowest BCUT2D eigenvalue weighted by Gasteiger charge is -2.10. The zero-order chi connectivity index (χ0) is 17.8. The second-order valence-corrected chi connectivity index (χ2v) is 5.33. The van der Waals surface area contributed by atoms with E-state index in [1.807, 2.05) is 0 Å². The van der Waals surface area contributed by atoms with Gasteiger partial charge < -0.3 is 18.6 Å². The first-order chi connectivity index (χ1) is 12.1. The topological polar surface area (TPSA) is 75.0 Å². The summed E-state index contributed by atoms with van der Waals surface area (Å²) in [6.45, 7) is 1.40. The third-order valence-electron chi connectivity index (χ3n) is 3.45. The van der Waals surface area contributed by atoms with Crippen LogP contribution in [0.1, 0.15) is 6.92 Å². The fourth-order valence-electron chi connectivity index (χ4n) is 2.26. The average Bonchev–Trinajstić information content (AvgIpc) is 2.62. The van der Waals surface area contributed by atoms with Gasteiger partial charge in [0.1, 0.15) is 24.2 Å². The number of ketones is 1. The molecule has 0 unspecified atom stereocenters. The highest BCUT2D eigenvalue weighted by molar-refractivity contribution is 5.80. The summed E-state index contributed by atoms with van der Waals surface area (Å²) in [4.78, 5) is 23.6. The fourth-order valence-corrected chi connectivity index (χ4v) is 2.26. The first-order valence-corrected chi connectivity index (χ1v) is 7.57. The first-order valence-electron chi connectivity index (χ1n) is 7.57. The molecule has 0 atom stereocenters. The summed E-state index contributed by atoms with van der Waals surface area (Å²) in [7, 11) is 1.52. The number of carbonyl (C=O) groups excluding carboxylic acids is 1. The van der Waals surface area contributed by atoms with Crippen LogP contribution >= 0.6 is 0 Å². The molecule has 0 bridgehead atoms. The lowest BCUT2D eigenvalue weighted by molar-refractivity contribution is -0.118. The van der Waals surface area contributed by atoms with Crippen molar-refractivity contribution in [2.45, 2.75) is 6.92 Å². The summed E-state index contributed by atoms with van der Waals surface area (Å²) < 4.78 is 21.6. The van der Waals surface area contributed by atoms with Crippen LogP contribution in [0.5, 0.6) is 23.0 Å². The third kappa shape index (κ3) is 3.63. The van der Waals surface area contributed by atoms with Crippen LogP contribution in [0.3, 0.4) is 0 Å². The van der Waals surface area contributed by atoms with Gasteiger partial charge in [0.2, 0.25) is 11.2 Å². The lowest BCUT2D eigenvalue weighted by atomic mass is 10.2. The monoisotopic (exact) mass is 340 g/mol. The molecule has 1 heterocycles. The Morgan fingerprint density at radius 1 is 1.08 bits per heavy atom. The van der Waals surface area contributed by atoms with E-state index in [0.717, 1.165) is 0 Å². The van der Waals surface area contributed by atoms with Gasteiger partial charge >= 0.3 is 0 Å². The SMILES string of the molecule is COc1ccccc1Oc1coc2cc(OCC(C)=O)ccc2c1=O. The zero-order valence-electron chi connectivity index (χ0n) is 13.8. The number of methoxy groups -OCH3 is 1. The van der Waals surface area contributed by atoms with Gasteiger partial charge in [-0.2, -0.15) is 0 Å². The van der Waals surface area contributed by atoms with E-state index in [0.29, 0.717) is 28.2 Å². The number of rotatable bonds is 6. The Kier molecular flexibility index (Phi) is 4.70. The molecule has 0 aliphatic carbocycles. The Balaban J connectivity index is 1.93. The molecular weight excluding hydrogens is 324 g/mol. The number of ether oxygens (including phenoxy) is 3. The molecule has 3 aromatic rings. The van der Waals surface area contributed by atoms with E-state index in [1.165, 1.54) is 20.3 Å². The highest BCUT2D eigenvalue weighted by atomic mass is 16.5. The van der Waals surface area contributed by atoms with Gasteiger partial charge in [-0.05, 0) is 31.2 Å². The standard InChI is InChI=1S/C19H16O6/c1-12(20)10-23-13-7-8-14-17(9-13)24-11-18(19(14)21)25-16-6-4-3-5-15(16)22-2/h3-9,11H,10H2,1-2H3. The molecule has 0 fully saturated rings. The van der Waals surface area contributed by atoms with Crippen molar-refractivity contribution in [3.05, 3.63) is 59.0 Å². The summed E-state index contributed by atoms with van der Waals surface area (Å²) in [5.74, 6) is 1.33. The van der Waals surface area contributed by atoms with Crippen molar-refractivity contribution in [1.29, 1.82) is 0 Å². The van der Waals surface area contributed by atoms with Crippen molar-refractivity contribution in [3.8, 4) is 23.0 Å². The highest BCUT2D eigenvalue weighted by Crippen LogP contribution is 2.30. The van der Waals surface area contributed by atoms with Crippen molar-refractivity contribution >= 4 is 16.8 Å². The summed E-state index contributed by atoms with van der Waals surface area (Å²) in [5.41, 5.74) is 0.0312. The van der Waals surface area contributed by atoms with Gasteiger partial charge in [0.25, 0.3) is 0 Å². The molecule has 0 N–H and O–H groups in total. The Morgan fingerprint density at radius 3 is 2.56 bits per heavy atom. The predicted octanol–water partition coefficient (Wildman–Crippen LogP) is 3.56. The number of Topliss-reactive ketones (excluding diaryl/α,β-unsaturated/α-hetero) is 1. The molecule has 128 valence electrons. The van der Waals surface area contributed by atoms with Crippen molar-refractivity contribution < 1.29 is 23.4 Å². The van der Waals surface area contributed by atoms with E-state index >= 15 is 0 Å². The second-order valence-electron chi connectivity index (χ2n) is 5.33. The molecule has 6 heteroatoms. The van der Waals surface area contributed by atoms with E-state index in [4.69, 9.17) is 18.6 Å². The Bertz CT molecular complexity index is 973. The van der Waals surface area contributed by atoms with Crippen LogP contribution in [0.25, 0.3) is 11.0 Å². The van der Waals surface area contributed by atoms with Crippen LogP contribution in [0.4, 0.5) is 0 Å². The summed E-state index contributed by atoms with van der Waals surface area (Å²) in [6, 6.07) is 11.8. The number of carbonyl (C=O) groups is 1. The van der Waals surface area contributed by atoms with Crippen LogP contribution < -0.4 is 19.6 Å². The lowest BCUT2D eigenvalue weighted by Crippen LogP contribution is -2.08. The van der Waals surface area contributed by atoms with E-state index in [9.17, 15) is 9.59 Å². The van der Waals surface area contributed by atoms with Crippen molar-refractivity contribution in [3.63, 3.8) is 0 Å². The van der Waals surface area contributed by atoms with Gasteiger partial charge in [0, 0.05) is 6.07 Å². The van der Waals surface area contributed by atoms with Gasteiger partial charge in [0.05, 0.1) is 12.5 Å². The van der Waals surface area contributed by atoms with Crippen LogP contribution in [0, 0.1) is 0 Å². The fraction of sp³-hybridized carbons (Fsp3) is 0.158. The van der Waals surface area contributed by atoms with Gasteiger partial charge in [-0.15, -0.1) is 0 Å². The number of hydrogen-bond donors (Lipinski definition) is 0. The molecule has 0 spiro atoms. The molecule has 0 aliphatic rings. The van der Waals surface area contributed by atoms with Gasteiger partial charge in [-0.3, -0.25) is 9.59 Å². The smallest absolute Gasteiger partial charge is 0.235 e. The molecule has 3 rings (SSSR count). The molecule has 6 nitrogen and oxygen atoms in total. The summed E-state index contributed by atoms with van der Waals surface area (Å²) >= 11 is 0. The largest absolute Gasteiger partial charge is 0.493 e. The van der Waals surface area contributed by atoms with Gasteiger partial charge in [-0.25, -0.2) is 0 Å². The van der Waals surface area contributed by atoms with Crippen molar-refractivity contribution in [1.82, 2.24) is 0 Å².